The molecule has 0 heterocycles. The number of Topliss-reactive ketones (excluding diaryl/α,β-unsaturated/α-hetero) is 2. The molecule has 0 amide bonds. The van der Waals surface area contributed by atoms with Gasteiger partial charge in [0, 0.05) is 62.5 Å². The summed E-state index contributed by atoms with van der Waals surface area (Å²) in [5.74, 6) is 1.38. The number of ether oxygens (including phenoxy) is 1. The van der Waals surface area contributed by atoms with Crippen LogP contribution in [0.3, 0.4) is 0 Å². The Hall–Kier alpha value is -4.46. The van der Waals surface area contributed by atoms with Crippen LogP contribution in [0.2, 0.25) is 0 Å². The summed E-state index contributed by atoms with van der Waals surface area (Å²) in [6.45, 7) is 1.22. The van der Waals surface area contributed by atoms with Crippen molar-refractivity contribution in [3.05, 3.63) is 119 Å². The molecule has 4 aromatic rings. The molecule has 0 atom stereocenters. The third-order valence-electron chi connectivity index (χ3n) is 6.94. The first-order chi connectivity index (χ1) is 19.9. The summed E-state index contributed by atoms with van der Waals surface area (Å²) in [6, 6.07) is 29.7. The molecule has 0 saturated heterocycles. The van der Waals surface area contributed by atoms with E-state index in [1.165, 1.54) is 0 Å². The summed E-state index contributed by atoms with van der Waals surface area (Å²) < 4.78 is 5.96. The average molecular weight is 553 g/mol. The summed E-state index contributed by atoms with van der Waals surface area (Å²) in [6.07, 6.45) is 0.577. The maximum atomic E-state index is 12.7. The minimum Gasteiger partial charge on any atom is -0.457 e. The van der Waals surface area contributed by atoms with Gasteiger partial charge in [-0.25, -0.2) is 0 Å². The third kappa shape index (κ3) is 8.27. The molecule has 2 N–H and O–H groups in total. The number of anilines is 2. The number of aliphatic hydroxyl groups is 2. The molecule has 4 aromatic carbocycles. The number of ketones is 2. The fourth-order valence-electron chi connectivity index (χ4n) is 4.42. The predicted molar refractivity (Wildman–Crippen MR) is 163 cm³/mol. The molecule has 0 spiro atoms. The molecular weight excluding hydrogens is 516 g/mol. The highest BCUT2D eigenvalue weighted by Gasteiger charge is 2.11. The summed E-state index contributed by atoms with van der Waals surface area (Å²) in [5, 5.41) is 18.2. The number of hydrogen-bond donors (Lipinski definition) is 2. The molecule has 212 valence electrons. The van der Waals surface area contributed by atoms with Crippen LogP contribution in [0.5, 0.6) is 11.5 Å². The van der Waals surface area contributed by atoms with Crippen LogP contribution < -0.4 is 14.5 Å². The van der Waals surface area contributed by atoms with E-state index in [0.29, 0.717) is 35.7 Å². The van der Waals surface area contributed by atoms with Gasteiger partial charge < -0.3 is 24.7 Å². The van der Waals surface area contributed by atoms with Crippen LogP contribution in [0.1, 0.15) is 31.8 Å². The fraction of sp³-hybridized carbons (Fsp3) is 0.235. The van der Waals surface area contributed by atoms with E-state index < -0.39 is 0 Å². The molecule has 0 bridgehead atoms. The Labute approximate surface area is 241 Å². The molecule has 0 aromatic heterocycles. The van der Waals surface area contributed by atoms with E-state index >= 15 is 0 Å². The Morgan fingerprint density at radius 3 is 1.22 bits per heavy atom. The molecule has 0 aliphatic rings. The summed E-state index contributed by atoms with van der Waals surface area (Å²) in [5.41, 5.74) is 4.98. The van der Waals surface area contributed by atoms with Gasteiger partial charge in [-0.05, 0) is 83.9 Å². The highest BCUT2D eigenvalue weighted by Crippen LogP contribution is 2.24. The smallest absolute Gasteiger partial charge is 0.167 e. The zero-order chi connectivity index (χ0) is 29.2. The molecule has 41 heavy (non-hydrogen) atoms. The predicted octanol–water partition coefficient (Wildman–Crippen LogP) is 5.19. The molecule has 4 rings (SSSR count). The van der Waals surface area contributed by atoms with Crippen molar-refractivity contribution in [2.45, 2.75) is 12.8 Å². The minimum absolute atomic E-state index is 0.0325. The average Bonchev–Trinajstić information content (AvgIpc) is 2.99. The highest BCUT2D eigenvalue weighted by atomic mass is 16.5. The standard InChI is InChI=1S/C34H36N2O5/c1-35(19-21-37)29-11-7-27(8-12-29)33(39)23-25-3-15-31(16-4-25)41-32-17-5-26(6-18-32)24-34(40)28-9-13-30(14-10-28)36(2)20-22-38/h3-18,37-38H,19-24H2,1-2H3. The summed E-state index contributed by atoms with van der Waals surface area (Å²) in [4.78, 5) is 29.3. The van der Waals surface area contributed by atoms with Gasteiger partial charge in [-0.15, -0.1) is 0 Å². The first-order valence-electron chi connectivity index (χ1n) is 13.6. The first-order valence-corrected chi connectivity index (χ1v) is 13.6. The molecule has 0 unspecified atom stereocenters. The Bertz CT molecular complexity index is 1310. The molecular formula is C34H36N2O5. The molecule has 0 saturated carbocycles. The van der Waals surface area contributed by atoms with Gasteiger partial charge in [0.2, 0.25) is 0 Å². The van der Waals surface area contributed by atoms with Crippen molar-refractivity contribution < 1.29 is 24.5 Å². The number of likely N-dealkylation sites (N-methyl/N-ethyl adjacent to an activating group) is 2. The molecule has 0 radical (unpaired) electrons. The van der Waals surface area contributed by atoms with Crippen molar-refractivity contribution in [1.82, 2.24) is 0 Å². The maximum absolute atomic E-state index is 12.7. The molecule has 7 heteroatoms. The number of carbonyl (C=O) groups is 2. The molecule has 0 fully saturated rings. The van der Waals surface area contributed by atoms with Gasteiger partial charge in [0.1, 0.15) is 11.5 Å². The maximum Gasteiger partial charge on any atom is 0.167 e. The van der Waals surface area contributed by atoms with Crippen LogP contribution in [0, 0.1) is 0 Å². The van der Waals surface area contributed by atoms with E-state index in [-0.39, 0.29) is 37.6 Å². The van der Waals surface area contributed by atoms with Crippen molar-refractivity contribution in [1.29, 1.82) is 0 Å². The van der Waals surface area contributed by atoms with Gasteiger partial charge >= 0.3 is 0 Å². The van der Waals surface area contributed by atoms with Crippen LogP contribution >= 0.6 is 0 Å². The van der Waals surface area contributed by atoms with Gasteiger partial charge in [-0.3, -0.25) is 9.59 Å². The normalized spacial score (nSPS) is 10.7. The Balaban J connectivity index is 1.28. The van der Waals surface area contributed by atoms with Gasteiger partial charge in [-0.2, -0.15) is 0 Å². The Morgan fingerprint density at radius 2 is 0.902 bits per heavy atom. The number of hydrogen-bond acceptors (Lipinski definition) is 7. The van der Waals surface area contributed by atoms with E-state index in [4.69, 9.17) is 14.9 Å². The molecule has 0 aliphatic heterocycles. The van der Waals surface area contributed by atoms with Crippen molar-refractivity contribution in [2.24, 2.45) is 0 Å². The number of benzene rings is 4. The van der Waals surface area contributed by atoms with Crippen molar-refractivity contribution in [3.63, 3.8) is 0 Å². The number of carbonyl (C=O) groups excluding carboxylic acids is 2. The quantitative estimate of drug-likeness (QED) is 0.208. The Kier molecular flexibility index (Phi) is 10.3. The lowest BCUT2D eigenvalue weighted by molar-refractivity contribution is 0.0985. The van der Waals surface area contributed by atoms with Gasteiger partial charge in [0.25, 0.3) is 0 Å². The lowest BCUT2D eigenvalue weighted by Gasteiger charge is -2.17. The topological polar surface area (TPSA) is 90.3 Å². The number of aliphatic hydroxyl groups excluding tert-OH is 2. The molecule has 0 aliphatic carbocycles. The second kappa shape index (κ2) is 14.3. The van der Waals surface area contributed by atoms with Gasteiger partial charge in [0.15, 0.2) is 11.6 Å². The zero-order valence-corrected chi connectivity index (χ0v) is 23.5. The van der Waals surface area contributed by atoms with E-state index in [1.54, 1.807) is 0 Å². The fourth-order valence-corrected chi connectivity index (χ4v) is 4.42. The summed E-state index contributed by atoms with van der Waals surface area (Å²) >= 11 is 0. The van der Waals surface area contributed by atoms with Crippen molar-refractivity contribution in [3.8, 4) is 11.5 Å². The van der Waals surface area contributed by atoms with Crippen LogP contribution in [0.4, 0.5) is 11.4 Å². The van der Waals surface area contributed by atoms with Gasteiger partial charge in [0.05, 0.1) is 13.2 Å². The van der Waals surface area contributed by atoms with E-state index in [9.17, 15) is 9.59 Å². The molecule has 7 nitrogen and oxygen atoms in total. The van der Waals surface area contributed by atoms with Crippen LogP contribution in [0.15, 0.2) is 97.1 Å². The second-order valence-electron chi connectivity index (χ2n) is 9.97. The lowest BCUT2D eigenvalue weighted by atomic mass is 10.0. The number of rotatable bonds is 14. The first kappa shape index (κ1) is 29.5. The second-order valence-corrected chi connectivity index (χ2v) is 9.97. The van der Waals surface area contributed by atoms with Crippen LogP contribution in [0.25, 0.3) is 0 Å². The van der Waals surface area contributed by atoms with Crippen LogP contribution in [-0.2, 0) is 12.8 Å². The summed E-state index contributed by atoms with van der Waals surface area (Å²) in [7, 11) is 3.79. The zero-order valence-electron chi connectivity index (χ0n) is 23.5. The van der Waals surface area contributed by atoms with Crippen molar-refractivity contribution >= 4 is 22.9 Å². The SMILES string of the molecule is CN(CCO)c1ccc(C(=O)Cc2ccc(Oc3ccc(CC(=O)c4ccc(N(C)CCO)cc4)cc3)cc2)cc1. The lowest BCUT2D eigenvalue weighted by Crippen LogP contribution is -2.21. The largest absolute Gasteiger partial charge is 0.457 e. The Morgan fingerprint density at radius 1 is 0.561 bits per heavy atom. The van der Waals surface area contributed by atoms with E-state index in [1.807, 2.05) is 121 Å². The van der Waals surface area contributed by atoms with Gasteiger partial charge in [-0.1, -0.05) is 24.3 Å². The number of nitrogens with zero attached hydrogens (tertiary/aromatic N) is 2. The minimum atomic E-state index is 0.0325. The monoisotopic (exact) mass is 552 g/mol. The third-order valence-corrected chi connectivity index (χ3v) is 6.94. The highest BCUT2D eigenvalue weighted by molar-refractivity contribution is 5.98. The van der Waals surface area contributed by atoms with E-state index in [2.05, 4.69) is 0 Å². The van der Waals surface area contributed by atoms with Crippen LogP contribution in [-0.4, -0.2) is 62.2 Å². The van der Waals surface area contributed by atoms with E-state index in [0.717, 1.165) is 22.5 Å². The van der Waals surface area contributed by atoms with Crippen molar-refractivity contribution in [2.75, 3.05) is 50.2 Å².